The van der Waals surface area contributed by atoms with Gasteiger partial charge in [0.05, 0.1) is 12.1 Å². The molecule has 0 spiro atoms. The number of nitrogens with one attached hydrogen (secondary N) is 2. The highest BCUT2D eigenvalue weighted by Gasteiger charge is 2.42. The Hall–Kier alpha value is -2.50. The van der Waals surface area contributed by atoms with Gasteiger partial charge >= 0.3 is 5.97 Å². The van der Waals surface area contributed by atoms with Crippen LogP contribution in [-0.2, 0) is 31.6 Å². The summed E-state index contributed by atoms with van der Waals surface area (Å²) in [6.45, 7) is 15.5. The number of benzene rings is 1. The number of hydrogen-bond donors (Lipinski definition) is 2. The molecule has 1 amide bonds. The smallest absolute Gasteiger partial charge is 0.328 e. The maximum atomic E-state index is 13.4. The summed E-state index contributed by atoms with van der Waals surface area (Å²) in [5, 5.41) is 4.13. The van der Waals surface area contributed by atoms with Crippen molar-refractivity contribution < 1.29 is 14.3 Å². The number of aromatic amines is 1. The highest BCUT2D eigenvalue weighted by atomic mass is 16.5. The topological polar surface area (TPSA) is 74.4 Å². The Morgan fingerprint density at radius 3 is 2.52 bits per heavy atom. The molecule has 180 valence electrons. The molecule has 0 unspecified atom stereocenters. The first-order chi connectivity index (χ1) is 15.4. The predicted octanol–water partition coefficient (Wildman–Crippen LogP) is 4.58. The highest BCUT2D eigenvalue weighted by Crippen LogP contribution is 2.51. The molecule has 2 aliphatic rings. The first-order valence-electron chi connectivity index (χ1n) is 12.3. The van der Waals surface area contributed by atoms with Gasteiger partial charge in [0.15, 0.2) is 0 Å². The lowest BCUT2D eigenvalue weighted by atomic mass is 9.62. The van der Waals surface area contributed by atoms with E-state index in [4.69, 9.17) is 4.74 Å². The molecule has 2 N–H and O–H groups in total. The van der Waals surface area contributed by atoms with Gasteiger partial charge in [-0.3, -0.25) is 4.79 Å². The molecular weight excluding hydrogens is 414 g/mol. The summed E-state index contributed by atoms with van der Waals surface area (Å²) in [5.41, 5.74) is 6.04. The average molecular weight is 454 g/mol. The number of H-pyrrole nitrogens is 1. The largest absolute Gasteiger partial charge is 0.464 e. The van der Waals surface area contributed by atoms with Crippen LogP contribution in [0.25, 0.3) is 10.9 Å². The molecule has 6 heteroatoms. The van der Waals surface area contributed by atoms with E-state index in [2.05, 4.69) is 62.8 Å². The number of nitrogens with zero attached hydrogens (tertiary/aromatic N) is 1. The van der Waals surface area contributed by atoms with Crippen LogP contribution in [0.1, 0.15) is 78.0 Å². The normalized spacial score (nSPS) is 24.0. The summed E-state index contributed by atoms with van der Waals surface area (Å²) in [5.74, 6) is -0.452. The van der Waals surface area contributed by atoms with E-state index in [9.17, 15) is 9.59 Å². The van der Waals surface area contributed by atoms with Crippen LogP contribution in [0.2, 0.25) is 0 Å². The monoisotopic (exact) mass is 453 g/mol. The van der Waals surface area contributed by atoms with Gasteiger partial charge in [-0.05, 0) is 59.3 Å². The Labute approximate surface area is 197 Å². The summed E-state index contributed by atoms with van der Waals surface area (Å²) in [4.78, 5) is 31.9. The van der Waals surface area contributed by atoms with Crippen molar-refractivity contribution in [3.8, 4) is 0 Å². The molecule has 0 saturated carbocycles. The molecule has 0 saturated heterocycles. The molecule has 1 aliphatic carbocycles. The SMILES string of the molecule is CCOC(=O)[C@H]1Cc2c[nH]c3c4c(cc(c23)N(C)[C@@H](C(C)C)C(=O)N1)C(C)(C)CCC4(C)C. The van der Waals surface area contributed by atoms with Crippen molar-refractivity contribution in [2.75, 3.05) is 18.6 Å². The van der Waals surface area contributed by atoms with Crippen molar-refractivity contribution >= 4 is 28.5 Å². The van der Waals surface area contributed by atoms with E-state index >= 15 is 0 Å². The summed E-state index contributed by atoms with van der Waals surface area (Å²) in [6, 6.07) is 1.21. The van der Waals surface area contributed by atoms with Crippen molar-refractivity contribution in [3.63, 3.8) is 0 Å². The third-order valence-electron chi connectivity index (χ3n) is 7.81. The fraction of sp³-hybridized carbons (Fsp3) is 0.630. The number of hydrogen-bond acceptors (Lipinski definition) is 4. The summed E-state index contributed by atoms with van der Waals surface area (Å²) >= 11 is 0. The van der Waals surface area contributed by atoms with Crippen LogP contribution in [-0.4, -0.2) is 42.6 Å². The molecular formula is C27H39N3O3. The molecule has 0 bridgehead atoms. The van der Waals surface area contributed by atoms with Crippen molar-refractivity contribution in [3.05, 3.63) is 29.0 Å². The zero-order valence-corrected chi connectivity index (χ0v) is 21.4. The third-order valence-corrected chi connectivity index (χ3v) is 7.81. The molecule has 1 aromatic heterocycles. The summed E-state index contributed by atoms with van der Waals surface area (Å²) in [7, 11) is 2.01. The van der Waals surface area contributed by atoms with Gasteiger partial charge in [0, 0.05) is 30.7 Å². The number of rotatable bonds is 3. The van der Waals surface area contributed by atoms with Crippen LogP contribution in [0.5, 0.6) is 0 Å². The van der Waals surface area contributed by atoms with Crippen molar-refractivity contribution in [2.24, 2.45) is 5.92 Å². The van der Waals surface area contributed by atoms with Gasteiger partial charge in [0.25, 0.3) is 0 Å². The van der Waals surface area contributed by atoms with E-state index in [1.807, 2.05) is 13.2 Å². The van der Waals surface area contributed by atoms with Crippen LogP contribution >= 0.6 is 0 Å². The maximum absolute atomic E-state index is 13.4. The van der Waals surface area contributed by atoms with Crippen LogP contribution < -0.4 is 10.2 Å². The number of carbonyl (C=O) groups is 2. The molecule has 4 rings (SSSR count). The fourth-order valence-electron chi connectivity index (χ4n) is 5.92. The minimum atomic E-state index is -0.711. The number of amides is 1. The molecule has 0 radical (unpaired) electrons. The lowest BCUT2D eigenvalue weighted by Gasteiger charge is -2.43. The number of esters is 1. The second-order valence-corrected chi connectivity index (χ2v) is 11.5. The Morgan fingerprint density at radius 2 is 1.88 bits per heavy atom. The predicted molar refractivity (Wildman–Crippen MR) is 133 cm³/mol. The first kappa shape index (κ1) is 23.7. The van der Waals surface area contributed by atoms with Gasteiger partial charge in [-0.1, -0.05) is 41.5 Å². The van der Waals surface area contributed by atoms with E-state index in [1.54, 1.807) is 6.92 Å². The second kappa shape index (κ2) is 8.07. The van der Waals surface area contributed by atoms with Gasteiger partial charge in [0.1, 0.15) is 12.1 Å². The Balaban J connectivity index is 2.03. The minimum absolute atomic E-state index is 0.0363. The molecule has 6 nitrogen and oxygen atoms in total. The van der Waals surface area contributed by atoms with Crippen molar-refractivity contribution in [1.29, 1.82) is 0 Å². The quantitative estimate of drug-likeness (QED) is 0.667. The van der Waals surface area contributed by atoms with Gasteiger partial charge in [-0.15, -0.1) is 0 Å². The van der Waals surface area contributed by atoms with E-state index in [0.717, 1.165) is 35.0 Å². The molecule has 2 heterocycles. The van der Waals surface area contributed by atoms with Crippen molar-refractivity contribution in [2.45, 2.75) is 90.6 Å². The van der Waals surface area contributed by atoms with Gasteiger partial charge in [0.2, 0.25) is 5.91 Å². The van der Waals surface area contributed by atoms with Crippen LogP contribution in [0.4, 0.5) is 5.69 Å². The van der Waals surface area contributed by atoms with E-state index < -0.39 is 12.1 Å². The van der Waals surface area contributed by atoms with E-state index in [1.165, 1.54) is 11.1 Å². The molecule has 1 aliphatic heterocycles. The lowest BCUT2D eigenvalue weighted by molar-refractivity contribution is -0.147. The van der Waals surface area contributed by atoms with Crippen LogP contribution in [0.15, 0.2) is 12.3 Å². The molecule has 2 atom stereocenters. The van der Waals surface area contributed by atoms with Gasteiger partial charge < -0.3 is 19.9 Å². The third kappa shape index (κ3) is 3.81. The van der Waals surface area contributed by atoms with Crippen LogP contribution in [0.3, 0.4) is 0 Å². The number of likely N-dealkylation sites (N-methyl/N-ethyl adjacent to an activating group) is 1. The average Bonchev–Trinajstić information content (AvgIpc) is 3.14. The lowest BCUT2D eigenvalue weighted by Crippen LogP contribution is -2.53. The van der Waals surface area contributed by atoms with E-state index in [0.29, 0.717) is 6.42 Å². The summed E-state index contributed by atoms with van der Waals surface area (Å²) < 4.78 is 5.32. The second-order valence-electron chi connectivity index (χ2n) is 11.5. The maximum Gasteiger partial charge on any atom is 0.328 e. The van der Waals surface area contributed by atoms with Gasteiger partial charge in [-0.25, -0.2) is 4.79 Å². The molecule has 2 aromatic rings. The Kier molecular flexibility index (Phi) is 5.78. The fourth-order valence-corrected chi connectivity index (χ4v) is 5.92. The standard InChI is InChI=1S/C27H39N3O3/c1-9-33-25(32)18-12-16-14-28-22-20(16)19(30(8)23(15(2)3)24(31)29-18)13-17-21(22)27(6,7)11-10-26(17,4)5/h13-15,18,23,28H,9-12H2,1-8H3,(H,29,31)/t18-,23+/m1/s1. The highest BCUT2D eigenvalue weighted by molar-refractivity contribution is 6.02. The van der Waals surface area contributed by atoms with E-state index in [-0.39, 0.29) is 35.2 Å². The molecule has 33 heavy (non-hydrogen) atoms. The first-order valence-corrected chi connectivity index (χ1v) is 12.3. The molecule has 1 aromatic carbocycles. The zero-order valence-electron chi connectivity index (χ0n) is 21.4. The van der Waals surface area contributed by atoms with Gasteiger partial charge in [-0.2, -0.15) is 0 Å². The number of carbonyl (C=O) groups excluding carboxylic acids is 2. The zero-order chi connectivity index (χ0) is 24.3. The number of anilines is 1. The Bertz CT molecular complexity index is 1100. The Morgan fingerprint density at radius 1 is 1.21 bits per heavy atom. The van der Waals surface area contributed by atoms with Crippen LogP contribution in [0, 0.1) is 5.92 Å². The number of aromatic nitrogens is 1. The minimum Gasteiger partial charge on any atom is -0.464 e. The molecule has 0 fully saturated rings. The number of fused-ring (bicyclic) bond motifs is 2. The van der Waals surface area contributed by atoms with Crippen molar-refractivity contribution in [1.82, 2.24) is 10.3 Å². The summed E-state index contributed by atoms with van der Waals surface area (Å²) in [6.07, 6.45) is 4.66. The number of ether oxygens (including phenoxy) is 1.